The topological polar surface area (TPSA) is 49.4 Å². The molecule has 1 saturated heterocycles. The standard InChI is InChI=1S/C16H28N2O2/c1-5-12(6-2)18-15(19)9-14(16(18)20)17-13-8-7-10(3)11(13)4/h10-14,17H,5-9H2,1-4H3. The summed E-state index contributed by atoms with van der Waals surface area (Å²) < 4.78 is 0. The molecule has 114 valence electrons. The smallest absolute Gasteiger partial charge is 0.247 e. The van der Waals surface area contributed by atoms with E-state index in [4.69, 9.17) is 0 Å². The van der Waals surface area contributed by atoms with E-state index in [1.54, 1.807) is 0 Å². The number of rotatable bonds is 5. The number of amides is 2. The van der Waals surface area contributed by atoms with E-state index in [1.165, 1.54) is 11.3 Å². The molecule has 1 aliphatic heterocycles. The lowest BCUT2D eigenvalue weighted by atomic mass is 9.97. The van der Waals surface area contributed by atoms with Gasteiger partial charge in [-0.25, -0.2) is 0 Å². The van der Waals surface area contributed by atoms with Crippen LogP contribution in [0.3, 0.4) is 0 Å². The van der Waals surface area contributed by atoms with Gasteiger partial charge in [0.1, 0.15) is 0 Å². The summed E-state index contributed by atoms with van der Waals surface area (Å²) in [6, 6.07) is 0.163. The second-order valence-corrected chi connectivity index (χ2v) is 6.52. The molecular weight excluding hydrogens is 252 g/mol. The average molecular weight is 280 g/mol. The molecule has 1 heterocycles. The highest BCUT2D eigenvalue weighted by Gasteiger charge is 2.43. The highest BCUT2D eigenvalue weighted by Crippen LogP contribution is 2.32. The van der Waals surface area contributed by atoms with Gasteiger partial charge in [0.05, 0.1) is 12.5 Å². The van der Waals surface area contributed by atoms with Crippen molar-refractivity contribution in [1.29, 1.82) is 0 Å². The fourth-order valence-electron chi connectivity index (χ4n) is 3.68. The van der Waals surface area contributed by atoms with E-state index in [0.717, 1.165) is 19.3 Å². The van der Waals surface area contributed by atoms with Crippen molar-refractivity contribution in [2.45, 2.75) is 77.9 Å². The molecule has 20 heavy (non-hydrogen) atoms. The van der Waals surface area contributed by atoms with Gasteiger partial charge in [-0.05, 0) is 37.5 Å². The number of nitrogens with one attached hydrogen (secondary N) is 1. The lowest BCUT2D eigenvalue weighted by Crippen LogP contribution is -2.47. The van der Waals surface area contributed by atoms with Crippen molar-refractivity contribution in [2.24, 2.45) is 11.8 Å². The third-order valence-corrected chi connectivity index (χ3v) is 5.37. The van der Waals surface area contributed by atoms with Crippen LogP contribution >= 0.6 is 0 Å². The Morgan fingerprint density at radius 2 is 1.85 bits per heavy atom. The lowest BCUT2D eigenvalue weighted by Gasteiger charge is -2.26. The van der Waals surface area contributed by atoms with Gasteiger partial charge in [-0.1, -0.05) is 27.7 Å². The molecule has 4 heteroatoms. The maximum atomic E-state index is 12.5. The molecule has 2 fully saturated rings. The first-order valence-electron chi connectivity index (χ1n) is 8.11. The summed E-state index contributed by atoms with van der Waals surface area (Å²) in [6.45, 7) is 8.59. The van der Waals surface area contributed by atoms with Gasteiger partial charge in [0, 0.05) is 12.1 Å². The molecule has 2 amide bonds. The SMILES string of the molecule is CCC(CC)N1C(=O)CC(NC2CCC(C)C2C)C1=O. The van der Waals surface area contributed by atoms with Crippen LogP contribution in [0.25, 0.3) is 0 Å². The Morgan fingerprint density at radius 3 is 2.35 bits per heavy atom. The number of hydrogen-bond acceptors (Lipinski definition) is 3. The zero-order valence-corrected chi connectivity index (χ0v) is 13.2. The van der Waals surface area contributed by atoms with Crippen molar-refractivity contribution in [2.75, 3.05) is 0 Å². The van der Waals surface area contributed by atoms with Crippen LogP contribution < -0.4 is 5.32 Å². The molecule has 1 N–H and O–H groups in total. The van der Waals surface area contributed by atoms with Crippen LogP contribution in [0.1, 0.15) is 59.8 Å². The van der Waals surface area contributed by atoms with Gasteiger partial charge in [-0.3, -0.25) is 14.5 Å². The molecule has 1 aliphatic carbocycles. The molecule has 2 aliphatic rings. The first kappa shape index (κ1) is 15.5. The molecule has 4 unspecified atom stereocenters. The minimum atomic E-state index is -0.291. The minimum Gasteiger partial charge on any atom is -0.302 e. The Balaban J connectivity index is 2.01. The number of carbonyl (C=O) groups is 2. The van der Waals surface area contributed by atoms with E-state index in [9.17, 15) is 9.59 Å². The first-order chi connectivity index (χ1) is 9.49. The van der Waals surface area contributed by atoms with Crippen LogP contribution in [0, 0.1) is 11.8 Å². The van der Waals surface area contributed by atoms with Gasteiger partial charge < -0.3 is 5.32 Å². The van der Waals surface area contributed by atoms with Gasteiger partial charge in [-0.2, -0.15) is 0 Å². The van der Waals surface area contributed by atoms with Crippen molar-refractivity contribution >= 4 is 11.8 Å². The maximum Gasteiger partial charge on any atom is 0.247 e. The lowest BCUT2D eigenvalue weighted by molar-refractivity contribution is -0.141. The number of hydrogen-bond donors (Lipinski definition) is 1. The Labute approximate surface area is 122 Å². The van der Waals surface area contributed by atoms with Crippen LogP contribution in [0.4, 0.5) is 0 Å². The second kappa shape index (κ2) is 6.25. The predicted octanol–water partition coefficient (Wildman–Crippen LogP) is 2.33. The Bertz CT molecular complexity index is 379. The number of likely N-dealkylation sites (tertiary alicyclic amines) is 1. The third kappa shape index (κ3) is 2.76. The minimum absolute atomic E-state index is 0.0000940. The average Bonchev–Trinajstić information content (AvgIpc) is 2.88. The van der Waals surface area contributed by atoms with Crippen molar-refractivity contribution < 1.29 is 9.59 Å². The summed E-state index contributed by atoms with van der Waals surface area (Å²) in [5.41, 5.74) is 0. The Kier molecular flexibility index (Phi) is 4.84. The predicted molar refractivity (Wildman–Crippen MR) is 79.1 cm³/mol. The molecule has 0 radical (unpaired) electrons. The van der Waals surface area contributed by atoms with E-state index in [2.05, 4.69) is 19.2 Å². The Hall–Kier alpha value is -0.900. The molecule has 0 spiro atoms. The number of nitrogens with zero attached hydrogens (tertiary/aromatic N) is 1. The summed E-state index contributed by atoms with van der Waals surface area (Å²) in [6.07, 6.45) is 4.36. The molecular formula is C16H28N2O2. The van der Waals surface area contributed by atoms with Gasteiger partial charge in [0.25, 0.3) is 0 Å². The van der Waals surface area contributed by atoms with Gasteiger partial charge in [0.2, 0.25) is 11.8 Å². The normalized spacial score (nSPS) is 34.5. The number of imide groups is 1. The highest BCUT2D eigenvalue weighted by atomic mass is 16.2. The zero-order valence-electron chi connectivity index (χ0n) is 13.2. The van der Waals surface area contributed by atoms with Crippen LogP contribution in [0.5, 0.6) is 0 Å². The molecule has 2 rings (SSSR count). The Morgan fingerprint density at radius 1 is 1.20 bits per heavy atom. The van der Waals surface area contributed by atoms with Crippen LogP contribution in [-0.2, 0) is 9.59 Å². The zero-order chi connectivity index (χ0) is 14.9. The van der Waals surface area contributed by atoms with Crippen molar-refractivity contribution in [1.82, 2.24) is 10.2 Å². The molecule has 4 nitrogen and oxygen atoms in total. The summed E-state index contributed by atoms with van der Waals surface area (Å²) in [5.74, 6) is 1.28. The second-order valence-electron chi connectivity index (χ2n) is 6.52. The van der Waals surface area contributed by atoms with Crippen LogP contribution in [0.2, 0.25) is 0 Å². The van der Waals surface area contributed by atoms with Crippen molar-refractivity contribution in [3.63, 3.8) is 0 Å². The monoisotopic (exact) mass is 280 g/mol. The van der Waals surface area contributed by atoms with Crippen molar-refractivity contribution in [3.8, 4) is 0 Å². The maximum absolute atomic E-state index is 12.5. The van der Waals surface area contributed by atoms with E-state index >= 15 is 0 Å². The summed E-state index contributed by atoms with van der Waals surface area (Å²) in [7, 11) is 0. The van der Waals surface area contributed by atoms with E-state index in [-0.39, 0.29) is 23.9 Å². The quantitative estimate of drug-likeness (QED) is 0.786. The summed E-state index contributed by atoms with van der Waals surface area (Å²) >= 11 is 0. The van der Waals surface area contributed by atoms with E-state index in [1.807, 2.05) is 13.8 Å². The molecule has 0 bridgehead atoms. The van der Waals surface area contributed by atoms with Gasteiger partial charge >= 0.3 is 0 Å². The largest absolute Gasteiger partial charge is 0.302 e. The fraction of sp³-hybridized carbons (Fsp3) is 0.875. The third-order valence-electron chi connectivity index (χ3n) is 5.37. The molecule has 4 atom stereocenters. The van der Waals surface area contributed by atoms with Gasteiger partial charge in [-0.15, -0.1) is 0 Å². The van der Waals surface area contributed by atoms with E-state index < -0.39 is 0 Å². The molecule has 0 aromatic heterocycles. The highest BCUT2D eigenvalue weighted by molar-refractivity contribution is 6.05. The summed E-state index contributed by atoms with van der Waals surface area (Å²) in [5, 5.41) is 3.46. The summed E-state index contributed by atoms with van der Waals surface area (Å²) in [4.78, 5) is 26.1. The number of carbonyl (C=O) groups excluding carboxylic acids is 2. The molecule has 0 aromatic carbocycles. The van der Waals surface area contributed by atoms with Gasteiger partial charge in [0.15, 0.2) is 0 Å². The van der Waals surface area contributed by atoms with Crippen LogP contribution in [0.15, 0.2) is 0 Å². The molecule has 1 saturated carbocycles. The van der Waals surface area contributed by atoms with Crippen molar-refractivity contribution in [3.05, 3.63) is 0 Å². The first-order valence-corrected chi connectivity index (χ1v) is 8.11. The molecule has 0 aromatic rings. The van der Waals surface area contributed by atoms with E-state index in [0.29, 0.717) is 24.3 Å². The van der Waals surface area contributed by atoms with Crippen LogP contribution in [-0.4, -0.2) is 34.8 Å². The fourth-order valence-corrected chi connectivity index (χ4v) is 3.68.